The molecule has 6 heteroatoms. The second-order valence-corrected chi connectivity index (χ2v) is 4.94. The van der Waals surface area contributed by atoms with Crippen molar-refractivity contribution in [3.8, 4) is 0 Å². The van der Waals surface area contributed by atoms with E-state index < -0.39 is 11.7 Å². The van der Waals surface area contributed by atoms with Gasteiger partial charge in [0, 0.05) is 24.5 Å². The van der Waals surface area contributed by atoms with Gasteiger partial charge in [0.15, 0.2) is 0 Å². The second-order valence-electron chi connectivity index (χ2n) is 4.94. The number of hydrogen-bond acceptors (Lipinski definition) is 3. The van der Waals surface area contributed by atoms with E-state index in [4.69, 9.17) is 10.5 Å². The van der Waals surface area contributed by atoms with Gasteiger partial charge >= 0.3 is 6.18 Å². The van der Waals surface area contributed by atoms with Crippen LogP contribution in [-0.2, 0) is 10.9 Å². The first-order chi connectivity index (χ1) is 8.77. The summed E-state index contributed by atoms with van der Waals surface area (Å²) in [6.45, 7) is 4.59. The molecule has 19 heavy (non-hydrogen) atoms. The van der Waals surface area contributed by atoms with Crippen LogP contribution >= 0.6 is 0 Å². The van der Waals surface area contributed by atoms with E-state index in [1.807, 2.05) is 13.8 Å². The third-order valence-electron chi connectivity index (χ3n) is 3.09. The highest BCUT2D eigenvalue weighted by atomic mass is 19.4. The lowest BCUT2D eigenvalue weighted by Crippen LogP contribution is -2.46. The molecule has 0 spiro atoms. The molecular formula is C13H17F3N2O. The number of anilines is 2. The molecule has 0 aromatic heterocycles. The van der Waals surface area contributed by atoms with Gasteiger partial charge in [-0.25, -0.2) is 0 Å². The molecule has 0 radical (unpaired) electrons. The summed E-state index contributed by atoms with van der Waals surface area (Å²) in [5, 5.41) is 0. The minimum atomic E-state index is -4.41. The normalized spacial score (nSPS) is 24.6. The molecule has 1 aliphatic heterocycles. The summed E-state index contributed by atoms with van der Waals surface area (Å²) in [4.78, 5) is 1.71. The summed E-state index contributed by atoms with van der Waals surface area (Å²) in [6.07, 6.45) is -4.60. The zero-order chi connectivity index (χ0) is 14.2. The lowest BCUT2D eigenvalue weighted by molar-refractivity contribution is -0.137. The van der Waals surface area contributed by atoms with E-state index in [1.165, 1.54) is 12.1 Å². The molecule has 0 bridgehead atoms. The van der Waals surface area contributed by atoms with Crippen molar-refractivity contribution in [2.75, 3.05) is 23.7 Å². The summed E-state index contributed by atoms with van der Waals surface area (Å²) in [6, 6.07) is 3.92. The van der Waals surface area contributed by atoms with Gasteiger partial charge < -0.3 is 15.4 Å². The van der Waals surface area contributed by atoms with Crippen LogP contribution < -0.4 is 10.6 Å². The number of hydrogen-bond donors (Lipinski definition) is 1. The summed E-state index contributed by atoms with van der Waals surface area (Å²) in [5.41, 5.74) is 5.07. The quantitative estimate of drug-likeness (QED) is 0.800. The fourth-order valence-electron chi connectivity index (χ4n) is 2.43. The van der Waals surface area contributed by atoms with Crippen LogP contribution in [0.2, 0.25) is 0 Å². The van der Waals surface area contributed by atoms with Crippen LogP contribution in [0.1, 0.15) is 19.4 Å². The minimum Gasteiger partial charge on any atom is -0.399 e. The standard InChI is InChI=1S/C13H17F3N2O/c1-8-6-18(7-9(2)19-8)12-4-3-10(17)5-11(12)13(14,15)16/h3-5,8-9H,6-7,17H2,1-2H3/t8-,9-/m0/s1. The molecule has 1 fully saturated rings. The van der Waals surface area contributed by atoms with E-state index in [-0.39, 0.29) is 23.6 Å². The number of nitrogens with two attached hydrogens (primary N) is 1. The van der Waals surface area contributed by atoms with Crippen LogP contribution in [0, 0.1) is 0 Å². The Morgan fingerprint density at radius 2 is 1.79 bits per heavy atom. The van der Waals surface area contributed by atoms with E-state index in [9.17, 15) is 13.2 Å². The largest absolute Gasteiger partial charge is 0.418 e. The SMILES string of the molecule is C[C@H]1CN(c2ccc(N)cc2C(F)(F)F)C[C@H](C)O1. The highest BCUT2D eigenvalue weighted by Gasteiger charge is 2.36. The van der Waals surface area contributed by atoms with Crippen molar-refractivity contribution in [3.05, 3.63) is 23.8 Å². The molecule has 1 aromatic carbocycles. The number of benzene rings is 1. The van der Waals surface area contributed by atoms with Crippen molar-refractivity contribution < 1.29 is 17.9 Å². The van der Waals surface area contributed by atoms with Crippen LogP contribution in [0.15, 0.2) is 18.2 Å². The summed E-state index contributed by atoms with van der Waals surface area (Å²) < 4.78 is 44.7. The van der Waals surface area contributed by atoms with Crippen LogP contribution in [0.25, 0.3) is 0 Å². The van der Waals surface area contributed by atoms with E-state index in [0.717, 1.165) is 6.07 Å². The molecule has 1 aliphatic rings. The van der Waals surface area contributed by atoms with Crippen molar-refractivity contribution in [3.63, 3.8) is 0 Å². The molecule has 0 aliphatic carbocycles. The monoisotopic (exact) mass is 274 g/mol. The Labute approximate surface area is 110 Å². The Hall–Kier alpha value is -1.43. The Morgan fingerprint density at radius 3 is 2.32 bits per heavy atom. The van der Waals surface area contributed by atoms with Gasteiger partial charge in [-0.05, 0) is 32.0 Å². The number of ether oxygens (including phenoxy) is 1. The van der Waals surface area contributed by atoms with Crippen LogP contribution in [0.5, 0.6) is 0 Å². The predicted molar refractivity (Wildman–Crippen MR) is 68.1 cm³/mol. The molecule has 0 saturated carbocycles. The van der Waals surface area contributed by atoms with E-state index >= 15 is 0 Å². The van der Waals surface area contributed by atoms with Gasteiger partial charge in [0.05, 0.1) is 17.8 Å². The van der Waals surface area contributed by atoms with Crippen molar-refractivity contribution in [2.45, 2.75) is 32.2 Å². The zero-order valence-electron chi connectivity index (χ0n) is 10.9. The zero-order valence-corrected chi connectivity index (χ0v) is 10.9. The average Bonchev–Trinajstić information content (AvgIpc) is 2.26. The first-order valence-electron chi connectivity index (χ1n) is 6.14. The minimum absolute atomic E-state index is 0.0950. The highest BCUT2D eigenvalue weighted by Crippen LogP contribution is 2.38. The number of morpholine rings is 1. The Kier molecular flexibility index (Phi) is 3.62. The summed E-state index contributed by atoms with van der Waals surface area (Å²) in [5.74, 6) is 0. The molecule has 106 valence electrons. The molecule has 3 nitrogen and oxygen atoms in total. The first kappa shape index (κ1) is 14.0. The van der Waals surface area contributed by atoms with Crippen molar-refractivity contribution >= 4 is 11.4 Å². The van der Waals surface area contributed by atoms with Gasteiger partial charge in [0.1, 0.15) is 0 Å². The lowest BCUT2D eigenvalue weighted by atomic mass is 10.1. The maximum atomic E-state index is 13.1. The van der Waals surface area contributed by atoms with Crippen LogP contribution in [0.4, 0.5) is 24.5 Å². The van der Waals surface area contributed by atoms with Gasteiger partial charge in [-0.3, -0.25) is 0 Å². The molecule has 0 unspecified atom stereocenters. The number of alkyl halides is 3. The van der Waals surface area contributed by atoms with Crippen molar-refractivity contribution in [2.24, 2.45) is 0 Å². The fourth-order valence-corrected chi connectivity index (χ4v) is 2.43. The van der Waals surface area contributed by atoms with Gasteiger partial charge in [0.25, 0.3) is 0 Å². The van der Waals surface area contributed by atoms with Crippen molar-refractivity contribution in [1.29, 1.82) is 0 Å². The first-order valence-corrected chi connectivity index (χ1v) is 6.14. The molecule has 1 saturated heterocycles. The van der Waals surface area contributed by atoms with Crippen LogP contribution in [0.3, 0.4) is 0 Å². The molecule has 0 amide bonds. The molecule has 2 rings (SSSR count). The number of nitrogens with zero attached hydrogens (tertiary/aromatic N) is 1. The van der Waals surface area contributed by atoms with Crippen molar-refractivity contribution in [1.82, 2.24) is 0 Å². The summed E-state index contributed by atoms with van der Waals surface area (Å²) >= 11 is 0. The molecular weight excluding hydrogens is 257 g/mol. The third-order valence-corrected chi connectivity index (χ3v) is 3.09. The topological polar surface area (TPSA) is 38.5 Å². The Morgan fingerprint density at radius 1 is 1.21 bits per heavy atom. The fraction of sp³-hybridized carbons (Fsp3) is 0.538. The molecule has 1 heterocycles. The van der Waals surface area contributed by atoms with Gasteiger partial charge in [-0.1, -0.05) is 0 Å². The number of nitrogen functional groups attached to an aromatic ring is 1. The van der Waals surface area contributed by atoms with Gasteiger partial charge in [-0.2, -0.15) is 13.2 Å². The smallest absolute Gasteiger partial charge is 0.399 e. The molecule has 2 N–H and O–H groups in total. The van der Waals surface area contributed by atoms with Gasteiger partial charge in [-0.15, -0.1) is 0 Å². The van der Waals surface area contributed by atoms with E-state index in [1.54, 1.807) is 4.90 Å². The maximum Gasteiger partial charge on any atom is 0.418 e. The third kappa shape index (κ3) is 3.12. The Balaban J connectivity index is 2.39. The van der Waals surface area contributed by atoms with Gasteiger partial charge in [0.2, 0.25) is 0 Å². The highest BCUT2D eigenvalue weighted by molar-refractivity contribution is 5.61. The lowest BCUT2D eigenvalue weighted by Gasteiger charge is -2.38. The number of rotatable bonds is 1. The Bertz CT molecular complexity index is 452. The van der Waals surface area contributed by atoms with E-state index in [0.29, 0.717) is 13.1 Å². The van der Waals surface area contributed by atoms with E-state index in [2.05, 4.69) is 0 Å². The van der Waals surface area contributed by atoms with Crippen LogP contribution in [-0.4, -0.2) is 25.3 Å². The molecule has 2 atom stereocenters. The maximum absolute atomic E-state index is 13.1. The predicted octanol–water partition coefficient (Wildman–Crippen LogP) is 2.90. The second kappa shape index (κ2) is 4.92. The summed E-state index contributed by atoms with van der Waals surface area (Å²) in [7, 11) is 0. The average molecular weight is 274 g/mol. The number of halogens is 3. The molecule has 1 aromatic rings.